The van der Waals surface area contributed by atoms with E-state index in [1.165, 1.54) is 19.2 Å². The van der Waals surface area contributed by atoms with Crippen LogP contribution in [0, 0.1) is 11.7 Å². The zero-order valence-corrected chi connectivity index (χ0v) is 11.6. The first-order valence-corrected chi connectivity index (χ1v) is 5.98. The lowest BCUT2D eigenvalue weighted by Gasteiger charge is -2.16. The zero-order valence-electron chi connectivity index (χ0n) is 10.8. The van der Waals surface area contributed by atoms with E-state index in [1.807, 2.05) is 0 Å². The van der Waals surface area contributed by atoms with Crippen LogP contribution in [0.2, 0.25) is 0 Å². The van der Waals surface area contributed by atoms with Gasteiger partial charge in [-0.25, -0.2) is 4.39 Å². The Balaban J connectivity index is 0.00000180. The summed E-state index contributed by atoms with van der Waals surface area (Å²) in [5.74, 6) is -0.0813. The molecule has 2 rings (SSSR count). The molecular formula is C13H18ClFN2O2. The molecule has 0 radical (unpaired) electrons. The quantitative estimate of drug-likeness (QED) is 0.921. The summed E-state index contributed by atoms with van der Waals surface area (Å²) in [4.78, 5) is 13.8. The smallest absolute Gasteiger partial charge is 0.256 e. The van der Waals surface area contributed by atoms with Crippen LogP contribution >= 0.6 is 12.4 Å². The highest BCUT2D eigenvalue weighted by atomic mass is 35.5. The van der Waals surface area contributed by atoms with Crippen molar-refractivity contribution in [3.05, 3.63) is 29.6 Å². The molecule has 0 aromatic heterocycles. The normalized spacial score (nSPS) is 18.1. The summed E-state index contributed by atoms with van der Waals surface area (Å²) in [6, 6.07) is 4.28. The van der Waals surface area contributed by atoms with E-state index in [2.05, 4.69) is 0 Å². The molecular weight excluding hydrogens is 271 g/mol. The van der Waals surface area contributed by atoms with Crippen LogP contribution in [0.4, 0.5) is 4.39 Å². The van der Waals surface area contributed by atoms with Gasteiger partial charge >= 0.3 is 0 Å². The second-order valence-electron chi connectivity index (χ2n) is 4.49. The lowest BCUT2D eigenvalue weighted by Crippen LogP contribution is -2.30. The van der Waals surface area contributed by atoms with E-state index in [1.54, 1.807) is 11.0 Å². The number of methoxy groups -OCH3 is 1. The van der Waals surface area contributed by atoms with Crippen LogP contribution in [0.15, 0.2) is 18.2 Å². The maximum absolute atomic E-state index is 13.8. The first kappa shape index (κ1) is 15.7. The molecule has 1 amide bonds. The number of rotatable bonds is 3. The summed E-state index contributed by atoms with van der Waals surface area (Å²) in [5.41, 5.74) is 5.67. The van der Waals surface area contributed by atoms with E-state index in [9.17, 15) is 9.18 Å². The molecule has 1 unspecified atom stereocenters. The van der Waals surface area contributed by atoms with Crippen molar-refractivity contribution in [3.63, 3.8) is 0 Å². The fraction of sp³-hybridized carbons (Fsp3) is 0.462. The molecule has 6 heteroatoms. The highest BCUT2D eigenvalue weighted by molar-refractivity contribution is 5.94. The molecule has 1 heterocycles. The third kappa shape index (κ3) is 3.36. The molecule has 0 aliphatic carbocycles. The number of carbonyl (C=O) groups is 1. The number of hydrogen-bond donors (Lipinski definition) is 1. The molecule has 1 fully saturated rings. The van der Waals surface area contributed by atoms with E-state index < -0.39 is 5.82 Å². The molecule has 4 nitrogen and oxygen atoms in total. The van der Waals surface area contributed by atoms with Crippen molar-refractivity contribution in [3.8, 4) is 5.75 Å². The number of halogens is 2. The van der Waals surface area contributed by atoms with Crippen molar-refractivity contribution in [1.29, 1.82) is 0 Å². The van der Waals surface area contributed by atoms with Gasteiger partial charge in [0, 0.05) is 19.2 Å². The minimum Gasteiger partial charge on any atom is -0.497 e. The number of likely N-dealkylation sites (tertiary alicyclic amines) is 1. The zero-order chi connectivity index (χ0) is 13.1. The van der Waals surface area contributed by atoms with Gasteiger partial charge < -0.3 is 15.4 Å². The SMILES string of the molecule is COc1ccc(C(=O)N2CCC(CN)C2)c(F)c1.Cl. The Kier molecular flexibility index (Phi) is 5.57. The molecule has 1 aliphatic rings. The Morgan fingerprint density at radius 3 is 2.84 bits per heavy atom. The highest BCUT2D eigenvalue weighted by Crippen LogP contribution is 2.21. The lowest BCUT2D eigenvalue weighted by molar-refractivity contribution is 0.0783. The van der Waals surface area contributed by atoms with Gasteiger partial charge in [-0.05, 0) is 31.0 Å². The van der Waals surface area contributed by atoms with Crippen LogP contribution in [0.3, 0.4) is 0 Å². The topological polar surface area (TPSA) is 55.6 Å². The van der Waals surface area contributed by atoms with Gasteiger partial charge in [-0.3, -0.25) is 4.79 Å². The van der Waals surface area contributed by atoms with Crippen LogP contribution in [-0.2, 0) is 0 Å². The van der Waals surface area contributed by atoms with Crippen molar-refractivity contribution in [2.24, 2.45) is 11.7 Å². The number of nitrogens with zero attached hydrogens (tertiary/aromatic N) is 1. The average molecular weight is 289 g/mol. The maximum Gasteiger partial charge on any atom is 0.256 e. The molecule has 0 saturated carbocycles. The molecule has 1 aromatic rings. The Bertz CT molecular complexity index is 456. The summed E-state index contributed by atoms with van der Waals surface area (Å²) in [7, 11) is 1.46. The number of nitrogens with two attached hydrogens (primary N) is 1. The molecule has 19 heavy (non-hydrogen) atoms. The van der Waals surface area contributed by atoms with Crippen molar-refractivity contribution in [2.45, 2.75) is 6.42 Å². The van der Waals surface area contributed by atoms with E-state index in [4.69, 9.17) is 10.5 Å². The van der Waals surface area contributed by atoms with Crippen LogP contribution in [-0.4, -0.2) is 37.6 Å². The largest absolute Gasteiger partial charge is 0.497 e. The van der Waals surface area contributed by atoms with Crippen molar-refractivity contribution in [1.82, 2.24) is 4.90 Å². The van der Waals surface area contributed by atoms with E-state index in [-0.39, 0.29) is 23.9 Å². The molecule has 1 aromatic carbocycles. The van der Waals surface area contributed by atoms with Gasteiger partial charge in [0.25, 0.3) is 5.91 Å². The number of ether oxygens (including phenoxy) is 1. The lowest BCUT2D eigenvalue weighted by atomic mass is 10.1. The fourth-order valence-corrected chi connectivity index (χ4v) is 2.18. The van der Waals surface area contributed by atoms with Gasteiger partial charge in [0.1, 0.15) is 11.6 Å². The maximum atomic E-state index is 13.8. The van der Waals surface area contributed by atoms with Crippen molar-refractivity contribution < 1.29 is 13.9 Å². The second kappa shape index (κ2) is 6.73. The third-order valence-corrected chi connectivity index (χ3v) is 3.31. The summed E-state index contributed by atoms with van der Waals surface area (Å²) in [6.45, 7) is 1.82. The monoisotopic (exact) mass is 288 g/mol. The summed E-state index contributed by atoms with van der Waals surface area (Å²) in [5, 5.41) is 0. The summed E-state index contributed by atoms with van der Waals surface area (Å²) >= 11 is 0. The number of amides is 1. The van der Waals surface area contributed by atoms with Gasteiger partial charge in [0.2, 0.25) is 0 Å². The van der Waals surface area contributed by atoms with Crippen LogP contribution in [0.25, 0.3) is 0 Å². The average Bonchev–Trinajstić information content (AvgIpc) is 2.86. The minimum absolute atomic E-state index is 0. The molecule has 0 spiro atoms. The van der Waals surface area contributed by atoms with Gasteiger partial charge in [-0.15, -0.1) is 12.4 Å². The molecule has 106 valence electrons. The number of hydrogen-bond acceptors (Lipinski definition) is 3. The number of carbonyl (C=O) groups excluding carboxylic acids is 1. The van der Waals surface area contributed by atoms with Gasteiger partial charge in [-0.2, -0.15) is 0 Å². The Hall–Kier alpha value is -1.33. The predicted molar refractivity (Wildman–Crippen MR) is 73.3 cm³/mol. The molecule has 0 bridgehead atoms. The Morgan fingerprint density at radius 2 is 2.32 bits per heavy atom. The predicted octanol–water partition coefficient (Wildman–Crippen LogP) is 1.68. The standard InChI is InChI=1S/C13H17FN2O2.ClH/c1-18-10-2-3-11(12(14)6-10)13(17)16-5-4-9(7-15)8-16;/h2-3,6,9H,4-5,7-8,15H2,1H3;1H. The van der Waals surface area contributed by atoms with Crippen LogP contribution in [0.1, 0.15) is 16.8 Å². The second-order valence-corrected chi connectivity index (χ2v) is 4.49. The highest BCUT2D eigenvalue weighted by Gasteiger charge is 2.27. The molecule has 1 atom stereocenters. The summed E-state index contributed by atoms with van der Waals surface area (Å²) < 4.78 is 18.7. The molecule has 1 saturated heterocycles. The van der Waals surface area contributed by atoms with E-state index in [0.29, 0.717) is 31.3 Å². The van der Waals surface area contributed by atoms with Crippen LogP contribution < -0.4 is 10.5 Å². The Labute approximate surface area is 118 Å². The van der Waals surface area contributed by atoms with Gasteiger partial charge in [0.15, 0.2) is 0 Å². The third-order valence-electron chi connectivity index (χ3n) is 3.31. The first-order valence-electron chi connectivity index (χ1n) is 5.98. The number of benzene rings is 1. The summed E-state index contributed by atoms with van der Waals surface area (Å²) in [6.07, 6.45) is 0.889. The Morgan fingerprint density at radius 1 is 1.58 bits per heavy atom. The molecule has 2 N–H and O–H groups in total. The van der Waals surface area contributed by atoms with E-state index >= 15 is 0 Å². The first-order chi connectivity index (χ1) is 8.65. The van der Waals surface area contributed by atoms with Crippen LogP contribution in [0.5, 0.6) is 5.75 Å². The minimum atomic E-state index is -0.546. The van der Waals surface area contributed by atoms with Gasteiger partial charge in [0.05, 0.1) is 12.7 Å². The van der Waals surface area contributed by atoms with E-state index in [0.717, 1.165) is 6.42 Å². The fourth-order valence-electron chi connectivity index (χ4n) is 2.18. The molecule has 1 aliphatic heterocycles. The van der Waals surface area contributed by atoms with Crippen molar-refractivity contribution in [2.75, 3.05) is 26.7 Å². The van der Waals surface area contributed by atoms with Crippen molar-refractivity contribution >= 4 is 18.3 Å². The van der Waals surface area contributed by atoms with Gasteiger partial charge in [-0.1, -0.05) is 0 Å².